The molecule has 430 valence electrons. The number of hydrogen-bond acceptors (Lipinski definition) is 10. The number of esters is 2. The van der Waals surface area contributed by atoms with Gasteiger partial charge >= 0.3 is 11.9 Å². The highest BCUT2D eigenvalue weighted by atomic mass is 33.1. The average Bonchev–Trinajstić information content (AvgIpc) is 3.37. The largest absolute Gasteiger partial charge is 0.465 e. The van der Waals surface area contributed by atoms with Crippen LogP contribution in [-0.4, -0.2) is 104 Å². The molecule has 10 heteroatoms. The summed E-state index contributed by atoms with van der Waals surface area (Å²) in [5.41, 5.74) is 0. The maximum Gasteiger partial charge on any atom is 0.305 e. The molecule has 1 N–H and O–H groups in total. The smallest absolute Gasteiger partial charge is 0.305 e. The van der Waals surface area contributed by atoms with Gasteiger partial charge in [-0.3, -0.25) is 9.59 Å². The standard InChI is InChI=1S/C62H124N2O6S2/c1-8-13-18-21-26-31-38-53-71-72-54-52-68-62(67)48-51-64(50-39-49-63(6)7)59(44-34-27-22-24-29-36-46-60(65)69-55-57(40-16-11-4)42-32-19-14-9-2)45-35-28-23-25-30-37-47-61(66)70-56-58(41-17-12-5)43-33-20-15-10-3/h57-59,62,67H,8-56H2,1-7H3. The summed E-state index contributed by atoms with van der Waals surface area (Å²) in [5, 5.41) is 11.0. The minimum atomic E-state index is -0.721. The van der Waals surface area contributed by atoms with Gasteiger partial charge in [-0.15, -0.1) is 0 Å². The summed E-state index contributed by atoms with van der Waals surface area (Å²) in [6.45, 7) is 16.1. The van der Waals surface area contributed by atoms with E-state index in [1.54, 1.807) is 0 Å². The van der Waals surface area contributed by atoms with Crippen molar-refractivity contribution in [1.82, 2.24) is 9.80 Å². The van der Waals surface area contributed by atoms with Crippen molar-refractivity contribution in [3.63, 3.8) is 0 Å². The fourth-order valence-electron chi connectivity index (χ4n) is 10.00. The molecule has 0 aromatic heterocycles. The molecule has 0 aromatic carbocycles. The van der Waals surface area contributed by atoms with Crippen molar-refractivity contribution in [2.45, 2.75) is 310 Å². The van der Waals surface area contributed by atoms with Gasteiger partial charge < -0.3 is 29.1 Å². The van der Waals surface area contributed by atoms with Crippen molar-refractivity contribution < 1.29 is 28.9 Å². The molecule has 0 aliphatic carbocycles. The zero-order valence-corrected chi connectivity index (χ0v) is 50.8. The van der Waals surface area contributed by atoms with E-state index in [1.165, 1.54) is 218 Å². The van der Waals surface area contributed by atoms with E-state index in [0.717, 1.165) is 57.5 Å². The third kappa shape index (κ3) is 50.3. The lowest BCUT2D eigenvalue weighted by Crippen LogP contribution is -2.39. The third-order valence-corrected chi connectivity index (χ3v) is 17.2. The Morgan fingerprint density at radius 2 is 0.806 bits per heavy atom. The molecule has 0 rings (SSSR count). The molecular weight excluding hydrogens is 933 g/mol. The number of carbonyl (C=O) groups excluding carboxylic acids is 2. The predicted molar refractivity (Wildman–Crippen MR) is 317 cm³/mol. The second kappa shape index (κ2) is 56.7. The van der Waals surface area contributed by atoms with Crippen LogP contribution >= 0.6 is 21.6 Å². The Kier molecular flexibility index (Phi) is 56.3. The van der Waals surface area contributed by atoms with Crippen LogP contribution in [0.25, 0.3) is 0 Å². The minimum absolute atomic E-state index is 0.000633. The van der Waals surface area contributed by atoms with E-state index >= 15 is 0 Å². The highest BCUT2D eigenvalue weighted by Gasteiger charge is 2.20. The van der Waals surface area contributed by atoms with Crippen LogP contribution in [0.3, 0.4) is 0 Å². The Labute approximate surface area is 457 Å². The van der Waals surface area contributed by atoms with E-state index in [1.807, 2.05) is 21.6 Å². The van der Waals surface area contributed by atoms with Gasteiger partial charge in [0.2, 0.25) is 0 Å². The first-order chi connectivity index (χ1) is 35.2. The SMILES string of the molecule is CCCCCCCCCSSCCOC(O)CCN(CCCN(C)C)C(CCCCCCCCC(=O)OCC(CCCC)CCCCCC)CCCCCCCCC(=O)OCC(CCCC)CCCCCC. The Balaban J connectivity index is 5.06. The normalized spacial score (nSPS) is 13.5. The molecule has 0 aromatic rings. The summed E-state index contributed by atoms with van der Waals surface area (Å²) in [6, 6.07) is 0.503. The van der Waals surface area contributed by atoms with Crippen LogP contribution in [-0.2, 0) is 23.8 Å². The number of hydrogen-bond donors (Lipinski definition) is 1. The zero-order valence-electron chi connectivity index (χ0n) is 49.2. The van der Waals surface area contributed by atoms with Crippen molar-refractivity contribution >= 4 is 33.5 Å². The molecule has 0 saturated heterocycles. The van der Waals surface area contributed by atoms with Crippen molar-refractivity contribution in [3.05, 3.63) is 0 Å². The number of carbonyl (C=O) groups is 2. The molecule has 3 atom stereocenters. The number of rotatable bonds is 59. The molecule has 8 nitrogen and oxygen atoms in total. The molecule has 0 fully saturated rings. The van der Waals surface area contributed by atoms with Crippen molar-refractivity contribution in [2.75, 3.05) is 65.1 Å². The molecule has 0 bridgehead atoms. The lowest BCUT2D eigenvalue weighted by Gasteiger charge is -2.33. The summed E-state index contributed by atoms with van der Waals surface area (Å²) in [4.78, 5) is 30.3. The van der Waals surface area contributed by atoms with Gasteiger partial charge in [-0.2, -0.15) is 0 Å². The molecule has 0 spiro atoms. The lowest BCUT2D eigenvalue weighted by molar-refractivity contribution is -0.146. The summed E-state index contributed by atoms with van der Waals surface area (Å²) < 4.78 is 17.6. The summed E-state index contributed by atoms with van der Waals surface area (Å²) in [6.07, 6.45) is 47.6. The predicted octanol–water partition coefficient (Wildman–Crippen LogP) is 18.3. The first-order valence-corrected chi connectivity index (χ1v) is 33.9. The number of aliphatic hydroxyl groups is 1. The molecule has 72 heavy (non-hydrogen) atoms. The van der Waals surface area contributed by atoms with E-state index in [0.29, 0.717) is 57.0 Å². The van der Waals surface area contributed by atoms with Gasteiger partial charge in [-0.25, -0.2) is 0 Å². The van der Waals surface area contributed by atoms with Crippen LogP contribution in [0, 0.1) is 11.8 Å². The third-order valence-electron chi connectivity index (χ3n) is 14.8. The Morgan fingerprint density at radius 1 is 0.417 bits per heavy atom. The molecule has 0 aliphatic heterocycles. The van der Waals surface area contributed by atoms with Crippen LogP contribution in [0.2, 0.25) is 0 Å². The van der Waals surface area contributed by atoms with Gasteiger partial charge in [0.1, 0.15) is 0 Å². The van der Waals surface area contributed by atoms with Crippen molar-refractivity contribution in [1.29, 1.82) is 0 Å². The van der Waals surface area contributed by atoms with E-state index in [-0.39, 0.29) is 11.9 Å². The van der Waals surface area contributed by atoms with Crippen LogP contribution in [0.15, 0.2) is 0 Å². The Bertz CT molecular complexity index is 1060. The first kappa shape index (κ1) is 71.5. The second-order valence-corrected chi connectivity index (χ2v) is 24.8. The fraction of sp³-hybridized carbons (Fsp3) is 0.968. The zero-order chi connectivity index (χ0) is 52.8. The Hall–Kier alpha value is -0.520. The average molecular weight is 1060 g/mol. The van der Waals surface area contributed by atoms with Crippen LogP contribution in [0.5, 0.6) is 0 Å². The van der Waals surface area contributed by atoms with Crippen LogP contribution in [0.4, 0.5) is 0 Å². The van der Waals surface area contributed by atoms with Crippen molar-refractivity contribution in [3.8, 4) is 0 Å². The van der Waals surface area contributed by atoms with Gasteiger partial charge in [-0.05, 0) is 103 Å². The van der Waals surface area contributed by atoms with E-state index in [2.05, 4.69) is 58.5 Å². The molecule has 0 amide bonds. The van der Waals surface area contributed by atoms with Gasteiger partial charge in [0, 0.05) is 43.4 Å². The molecule has 0 aliphatic rings. The highest BCUT2D eigenvalue weighted by Crippen LogP contribution is 2.25. The number of aliphatic hydroxyl groups excluding tert-OH is 1. The number of unbranched alkanes of at least 4 members (excludes halogenated alkanes) is 24. The van der Waals surface area contributed by atoms with E-state index in [9.17, 15) is 14.7 Å². The summed E-state index contributed by atoms with van der Waals surface area (Å²) in [5.74, 6) is 3.17. The summed E-state index contributed by atoms with van der Waals surface area (Å²) in [7, 11) is 8.17. The molecular formula is C62H124N2O6S2. The molecule has 3 unspecified atom stereocenters. The van der Waals surface area contributed by atoms with E-state index in [4.69, 9.17) is 14.2 Å². The lowest BCUT2D eigenvalue weighted by atomic mass is 9.96. The fourth-order valence-corrected chi connectivity index (χ4v) is 12.0. The van der Waals surface area contributed by atoms with Crippen LogP contribution in [0.1, 0.15) is 298 Å². The molecule has 0 heterocycles. The minimum Gasteiger partial charge on any atom is -0.465 e. The van der Waals surface area contributed by atoms with Crippen LogP contribution < -0.4 is 0 Å². The topological polar surface area (TPSA) is 88.5 Å². The maximum atomic E-state index is 12.7. The molecule has 0 radical (unpaired) electrons. The van der Waals surface area contributed by atoms with E-state index < -0.39 is 6.29 Å². The molecule has 0 saturated carbocycles. The Morgan fingerprint density at radius 3 is 1.28 bits per heavy atom. The van der Waals surface area contributed by atoms with Gasteiger partial charge in [0.15, 0.2) is 6.29 Å². The highest BCUT2D eigenvalue weighted by molar-refractivity contribution is 8.76. The first-order valence-electron chi connectivity index (χ1n) is 31.4. The van der Waals surface area contributed by atoms with Gasteiger partial charge in [0.05, 0.1) is 19.8 Å². The number of ether oxygens (including phenoxy) is 3. The van der Waals surface area contributed by atoms with Crippen molar-refractivity contribution in [2.24, 2.45) is 11.8 Å². The number of nitrogens with zero attached hydrogens (tertiary/aromatic N) is 2. The van der Waals surface area contributed by atoms with Gasteiger partial charge in [-0.1, -0.05) is 236 Å². The maximum absolute atomic E-state index is 12.7. The second-order valence-electron chi connectivity index (χ2n) is 22.1. The monoisotopic (exact) mass is 1060 g/mol. The summed E-state index contributed by atoms with van der Waals surface area (Å²) >= 11 is 0. The quantitative estimate of drug-likeness (QED) is 0.0275. The van der Waals surface area contributed by atoms with Gasteiger partial charge in [0.25, 0.3) is 0 Å².